The molecule has 1 N–H and O–H groups in total. The lowest BCUT2D eigenvalue weighted by atomic mass is 9.90. The summed E-state index contributed by atoms with van der Waals surface area (Å²) in [5, 5.41) is 4.08. The van der Waals surface area contributed by atoms with Crippen molar-refractivity contribution in [2.24, 2.45) is 11.0 Å². The van der Waals surface area contributed by atoms with E-state index in [0.717, 1.165) is 5.56 Å². The van der Waals surface area contributed by atoms with Crippen LogP contribution in [0.25, 0.3) is 0 Å². The molecule has 0 radical (unpaired) electrons. The highest BCUT2D eigenvalue weighted by atomic mass is 16.2. The van der Waals surface area contributed by atoms with Gasteiger partial charge in [-0.25, -0.2) is 5.43 Å². The molecule has 1 aromatic carbocycles. The van der Waals surface area contributed by atoms with Crippen LogP contribution in [0.4, 0.5) is 0 Å². The third-order valence-corrected chi connectivity index (χ3v) is 3.38. The highest BCUT2D eigenvalue weighted by molar-refractivity contribution is 5.94. The molecule has 0 spiro atoms. The monoisotopic (exact) mass is 244 g/mol. The van der Waals surface area contributed by atoms with Crippen molar-refractivity contribution < 1.29 is 4.79 Å². The molecule has 2 rings (SSSR count). The smallest absolute Gasteiger partial charge is 0.267 e. The number of aryl methyl sites for hydroxylation is 1. The third-order valence-electron chi connectivity index (χ3n) is 3.38. The Balaban J connectivity index is 1.86. The second-order valence-electron chi connectivity index (χ2n) is 4.99. The van der Waals surface area contributed by atoms with Gasteiger partial charge in [0, 0.05) is 11.8 Å². The summed E-state index contributed by atoms with van der Waals surface area (Å²) in [6, 6.07) is 7.53. The zero-order chi connectivity index (χ0) is 12.8. The van der Waals surface area contributed by atoms with Crippen molar-refractivity contribution in [1.82, 2.24) is 5.43 Å². The number of nitrogens with zero attached hydrogens (tertiary/aromatic N) is 1. The molecule has 0 atom stereocenters. The molecular weight excluding hydrogens is 224 g/mol. The van der Waals surface area contributed by atoms with E-state index in [1.54, 1.807) is 6.07 Å². The largest absolute Gasteiger partial charge is 0.271 e. The highest BCUT2D eigenvalue weighted by Gasteiger charge is 2.11. The van der Waals surface area contributed by atoms with Gasteiger partial charge < -0.3 is 0 Å². The van der Waals surface area contributed by atoms with E-state index in [0.29, 0.717) is 11.5 Å². The van der Waals surface area contributed by atoms with E-state index in [1.165, 1.54) is 32.1 Å². The van der Waals surface area contributed by atoms with Crippen molar-refractivity contribution in [3.63, 3.8) is 0 Å². The molecule has 0 bridgehead atoms. The Bertz CT molecular complexity index is 434. The second kappa shape index (κ2) is 6.34. The average molecular weight is 244 g/mol. The van der Waals surface area contributed by atoms with Gasteiger partial charge in [-0.3, -0.25) is 4.79 Å². The van der Waals surface area contributed by atoms with Gasteiger partial charge in [-0.2, -0.15) is 5.10 Å². The van der Waals surface area contributed by atoms with Crippen molar-refractivity contribution in [2.75, 3.05) is 0 Å². The van der Waals surface area contributed by atoms with Crippen LogP contribution in [-0.2, 0) is 0 Å². The minimum Gasteiger partial charge on any atom is -0.267 e. The van der Waals surface area contributed by atoms with Crippen LogP contribution in [0.15, 0.2) is 29.4 Å². The molecule has 0 aromatic heterocycles. The molecule has 0 saturated heterocycles. The predicted octanol–water partition coefficient (Wildman–Crippen LogP) is 3.29. The van der Waals surface area contributed by atoms with E-state index in [1.807, 2.05) is 31.3 Å². The van der Waals surface area contributed by atoms with Crippen LogP contribution in [0.3, 0.4) is 0 Å². The number of hydrogen-bond acceptors (Lipinski definition) is 2. The topological polar surface area (TPSA) is 41.5 Å². The van der Waals surface area contributed by atoms with Gasteiger partial charge >= 0.3 is 0 Å². The number of carbonyl (C=O) groups excluding carboxylic acids is 1. The third kappa shape index (κ3) is 3.69. The van der Waals surface area contributed by atoms with Crippen molar-refractivity contribution >= 4 is 12.1 Å². The number of benzene rings is 1. The Kier molecular flexibility index (Phi) is 4.51. The molecule has 1 amide bonds. The van der Waals surface area contributed by atoms with Crippen LogP contribution in [0, 0.1) is 12.8 Å². The molecule has 0 unspecified atom stereocenters. The van der Waals surface area contributed by atoms with Gasteiger partial charge in [0.25, 0.3) is 5.91 Å². The molecule has 1 aliphatic carbocycles. The Morgan fingerprint density at radius 3 is 2.83 bits per heavy atom. The highest BCUT2D eigenvalue weighted by Crippen LogP contribution is 2.21. The quantitative estimate of drug-likeness (QED) is 0.643. The van der Waals surface area contributed by atoms with Crippen LogP contribution in [0.1, 0.15) is 48.0 Å². The van der Waals surface area contributed by atoms with Crippen molar-refractivity contribution in [3.8, 4) is 0 Å². The Morgan fingerprint density at radius 2 is 2.11 bits per heavy atom. The molecule has 0 aliphatic heterocycles. The van der Waals surface area contributed by atoms with Crippen LogP contribution < -0.4 is 5.43 Å². The summed E-state index contributed by atoms with van der Waals surface area (Å²) in [7, 11) is 0. The lowest BCUT2D eigenvalue weighted by Gasteiger charge is -2.16. The van der Waals surface area contributed by atoms with Gasteiger partial charge in [0.15, 0.2) is 0 Å². The summed E-state index contributed by atoms with van der Waals surface area (Å²) in [5.74, 6) is 0.405. The zero-order valence-corrected chi connectivity index (χ0v) is 10.9. The fourth-order valence-corrected chi connectivity index (χ4v) is 2.34. The van der Waals surface area contributed by atoms with Gasteiger partial charge in [-0.1, -0.05) is 37.0 Å². The first-order chi connectivity index (χ1) is 8.75. The lowest BCUT2D eigenvalue weighted by molar-refractivity contribution is 0.0955. The van der Waals surface area contributed by atoms with Gasteiger partial charge in [0.05, 0.1) is 0 Å². The molecule has 1 saturated carbocycles. The molecular formula is C15H20N2O. The number of nitrogens with one attached hydrogen (secondary N) is 1. The number of hydrazone groups is 1. The fourth-order valence-electron chi connectivity index (χ4n) is 2.34. The van der Waals surface area contributed by atoms with E-state index in [-0.39, 0.29) is 5.91 Å². The molecule has 18 heavy (non-hydrogen) atoms. The maximum Gasteiger partial charge on any atom is 0.271 e. The first-order valence-electron chi connectivity index (χ1n) is 6.66. The summed E-state index contributed by atoms with van der Waals surface area (Å²) in [6.45, 7) is 1.97. The summed E-state index contributed by atoms with van der Waals surface area (Å²) in [4.78, 5) is 11.8. The van der Waals surface area contributed by atoms with Gasteiger partial charge in [-0.05, 0) is 37.8 Å². The van der Waals surface area contributed by atoms with Crippen LogP contribution in [0.2, 0.25) is 0 Å². The van der Waals surface area contributed by atoms with E-state index in [9.17, 15) is 4.79 Å². The lowest BCUT2D eigenvalue weighted by Crippen LogP contribution is -2.19. The summed E-state index contributed by atoms with van der Waals surface area (Å²) >= 11 is 0. The molecule has 96 valence electrons. The maximum absolute atomic E-state index is 11.8. The summed E-state index contributed by atoms with van der Waals surface area (Å²) < 4.78 is 0. The van der Waals surface area contributed by atoms with Crippen molar-refractivity contribution in [3.05, 3.63) is 35.4 Å². The van der Waals surface area contributed by atoms with Gasteiger partial charge in [-0.15, -0.1) is 0 Å². The Hall–Kier alpha value is -1.64. The number of amides is 1. The van der Waals surface area contributed by atoms with Crippen LogP contribution >= 0.6 is 0 Å². The number of rotatable bonds is 3. The number of hydrogen-bond donors (Lipinski definition) is 1. The standard InChI is InChI=1S/C15H20N2O/c1-12-6-5-9-14(10-12)15(18)17-16-11-13-7-3-2-4-8-13/h5-6,9-11,13H,2-4,7-8H2,1H3,(H,17,18). The van der Waals surface area contributed by atoms with Gasteiger partial charge in [0.1, 0.15) is 0 Å². The molecule has 3 heteroatoms. The SMILES string of the molecule is Cc1cccc(C(=O)NN=CC2CCCCC2)c1. The second-order valence-corrected chi connectivity index (χ2v) is 4.99. The summed E-state index contributed by atoms with van der Waals surface area (Å²) in [5.41, 5.74) is 4.35. The van der Waals surface area contributed by atoms with Crippen molar-refractivity contribution in [2.45, 2.75) is 39.0 Å². The normalized spacial score (nSPS) is 16.9. The van der Waals surface area contributed by atoms with E-state index in [2.05, 4.69) is 10.5 Å². The summed E-state index contributed by atoms with van der Waals surface area (Å²) in [6.07, 6.45) is 8.19. The average Bonchev–Trinajstić information content (AvgIpc) is 2.40. The Labute approximate surface area is 108 Å². The first-order valence-corrected chi connectivity index (χ1v) is 6.66. The predicted molar refractivity (Wildman–Crippen MR) is 73.7 cm³/mol. The molecule has 1 fully saturated rings. The molecule has 1 aliphatic rings. The molecule has 1 aromatic rings. The van der Waals surface area contributed by atoms with Crippen LogP contribution in [0.5, 0.6) is 0 Å². The van der Waals surface area contributed by atoms with E-state index >= 15 is 0 Å². The van der Waals surface area contributed by atoms with Gasteiger partial charge in [0.2, 0.25) is 0 Å². The maximum atomic E-state index is 11.8. The van der Waals surface area contributed by atoms with Crippen LogP contribution in [-0.4, -0.2) is 12.1 Å². The van der Waals surface area contributed by atoms with E-state index < -0.39 is 0 Å². The minimum absolute atomic E-state index is 0.134. The van der Waals surface area contributed by atoms with Crippen molar-refractivity contribution in [1.29, 1.82) is 0 Å². The zero-order valence-electron chi connectivity index (χ0n) is 10.9. The Morgan fingerprint density at radius 1 is 1.33 bits per heavy atom. The van der Waals surface area contributed by atoms with E-state index in [4.69, 9.17) is 0 Å². The minimum atomic E-state index is -0.134. The molecule has 0 heterocycles. The fraction of sp³-hybridized carbons (Fsp3) is 0.467. The number of carbonyl (C=O) groups is 1. The first kappa shape index (κ1) is 12.8. The molecule has 3 nitrogen and oxygen atoms in total.